The summed E-state index contributed by atoms with van der Waals surface area (Å²) >= 11 is 0. The van der Waals surface area contributed by atoms with Gasteiger partial charge in [-0.15, -0.1) is 0 Å². The van der Waals surface area contributed by atoms with E-state index in [2.05, 4.69) is 12.2 Å². The molecule has 35 heavy (non-hydrogen) atoms. The van der Waals surface area contributed by atoms with Crippen molar-refractivity contribution in [2.75, 3.05) is 30.6 Å². The first-order valence-electron chi connectivity index (χ1n) is 11.6. The highest BCUT2D eigenvalue weighted by Gasteiger charge is 2.27. The largest absolute Gasteiger partial charge is 0.494 e. The number of hydrogen-bond acceptors (Lipinski definition) is 5. The van der Waals surface area contributed by atoms with E-state index in [9.17, 15) is 13.2 Å². The summed E-state index contributed by atoms with van der Waals surface area (Å²) in [6.07, 6.45) is 0.952. The number of carbonyl (C=O) groups excluding carboxylic acids is 1. The van der Waals surface area contributed by atoms with Crippen LogP contribution in [0.5, 0.6) is 11.5 Å². The summed E-state index contributed by atoms with van der Waals surface area (Å²) in [4.78, 5) is 12.8. The molecule has 186 valence electrons. The number of amides is 1. The standard InChI is InChI=1S/C27H32N2O5S/c1-4-22-8-12-25(13-9-22)34-19-18-28-27(30)20-29(23-10-6-21(3)7-11-23)35(31,32)26-16-14-24(15-17-26)33-5-2/h6-17H,4-5,18-20H2,1-3H3,(H,28,30). The molecule has 7 nitrogen and oxygen atoms in total. The smallest absolute Gasteiger partial charge is 0.264 e. The molecule has 0 aromatic heterocycles. The van der Waals surface area contributed by atoms with Gasteiger partial charge in [-0.3, -0.25) is 9.10 Å². The minimum Gasteiger partial charge on any atom is -0.494 e. The number of ether oxygens (including phenoxy) is 2. The first-order valence-corrected chi connectivity index (χ1v) is 13.1. The van der Waals surface area contributed by atoms with Crippen LogP contribution in [0.25, 0.3) is 0 Å². The second-order valence-corrected chi connectivity index (χ2v) is 9.81. The van der Waals surface area contributed by atoms with Gasteiger partial charge in [-0.25, -0.2) is 8.42 Å². The second-order valence-electron chi connectivity index (χ2n) is 7.95. The third-order valence-corrected chi connectivity index (χ3v) is 7.14. The molecule has 1 amide bonds. The van der Waals surface area contributed by atoms with Gasteiger partial charge in [-0.2, -0.15) is 0 Å². The monoisotopic (exact) mass is 496 g/mol. The van der Waals surface area contributed by atoms with Crippen molar-refractivity contribution < 1.29 is 22.7 Å². The second kappa shape index (κ2) is 12.3. The quantitative estimate of drug-likeness (QED) is 0.377. The van der Waals surface area contributed by atoms with E-state index >= 15 is 0 Å². The minimum absolute atomic E-state index is 0.0770. The Morgan fingerprint density at radius 3 is 2.06 bits per heavy atom. The van der Waals surface area contributed by atoms with Crippen molar-refractivity contribution >= 4 is 21.6 Å². The lowest BCUT2D eigenvalue weighted by Crippen LogP contribution is -2.41. The number of rotatable bonds is 12. The van der Waals surface area contributed by atoms with E-state index in [1.807, 2.05) is 50.2 Å². The van der Waals surface area contributed by atoms with E-state index in [1.54, 1.807) is 24.3 Å². The van der Waals surface area contributed by atoms with Crippen molar-refractivity contribution in [3.8, 4) is 11.5 Å². The van der Waals surface area contributed by atoms with Crippen molar-refractivity contribution in [2.45, 2.75) is 32.1 Å². The van der Waals surface area contributed by atoms with Crippen molar-refractivity contribution in [1.82, 2.24) is 5.32 Å². The number of nitrogens with one attached hydrogen (secondary N) is 1. The zero-order valence-corrected chi connectivity index (χ0v) is 21.2. The fourth-order valence-electron chi connectivity index (χ4n) is 3.39. The molecule has 0 atom stereocenters. The lowest BCUT2D eigenvalue weighted by atomic mass is 10.2. The first-order chi connectivity index (χ1) is 16.8. The Balaban J connectivity index is 1.68. The molecule has 0 aliphatic rings. The summed E-state index contributed by atoms with van der Waals surface area (Å²) in [5.74, 6) is 0.872. The van der Waals surface area contributed by atoms with Gasteiger partial charge in [0.25, 0.3) is 10.0 Å². The molecular weight excluding hydrogens is 464 g/mol. The van der Waals surface area contributed by atoms with Gasteiger partial charge in [-0.1, -0.05) is 36.8 Å². The highest BCUT2D eigenvalue weighted by atomic mass is 32.2. The number of carbonyl (C=O) groups is 1. The Labute approximate surface area is 207 Å². The van der Waals surface area contributed by atoms with Gasteiger partial charge < -0.3 is 14.8 Å². The molecule has 0 radical (unpaired) electrons. The molecule has 1 N–H and O–H groups in total. The Kier molecular flexibility index (Phi) is 9.14. The van der Waals surface area contributed by atoms with Gasteiger partial charge in [0, 0.05) is 0 Å². The van der Waals surface area contributed by atoms with Crippen LogP contribution < -0.4 is 19.1 Å². The Bertz CT molecular complexity index is 1190. The van der Waals surface area contributed by atoms with Gasteiger partial charge in [0.2, 0.25) is 5.91 Å². The van der Waals surface area contributed by atoms with E-state index in [4.69, 9.17) is 9.47 Å². The van der Waals surface area contributed by atoms with Gasteiger partial charge in [0.1, 0.15) is 24.7 Å². The van der Waals surface area contributed by atoms with Gasteiger partial charge in [0.05, 0.1) is 23.7 Å². The summed E-state index contributed by atoms with van der Waals surface area (Å²) in [5.41, 5.74) is 2.61. The molecule has 8 heteroatoms. The van der Waals surface area contributed by atoms with E-state index in [-0.39, 0.29) is 24.6 Å². The lowest BCUT2D eigenvalue weighted by Gasteiger charge is -2.24. The number of aryl methyl sites for hydroxylation is 2. The van der Waals surface area contributed by atoms with E-state index < -0.39 is 15.9 Å². The van der Waals surface area contributed by atoms with Crippen LogP contribution in [0.4, 0.5) is 5.69 Å². The summed E-state index contributed by atoms with van der Waals surface area (Å²) in [7, 11) is -3.99. The van der Waals surface area contributed by atoms with Gasteiger partial charge >= 0.3 is 0 Å². The predicted molar refractivity (Wildman–Crippen MR) is 138 cm³/mol. The fourth-order valence-corrected chi connectivity index (χ4v) is 4.82. The molecule has 0 aliphatic carbocycles. The van der Waals surface area contributed by atoms with Crippen LogP contribution in [0.2, 0.25) is 0 Å². The maximum Gasteiger partial charge on any atom is 0.264 e. The molecule has 3 aromatic rings. The van der Waals surface area contributed by atoms with Crippen molar-refractivity contribution in [1.29, 1.82) is 0 Å². The first kappa shape index (κ1) is 26.1. The summed E-state index contributed by atoms with van der Waals surface area (Å²) in [5, 5.41) is 2.75. The van der Waals surface area contributed by atoms with E-state index in [0.717, 1.165) is 22.0 Å². The fraction of sp³-hybridized carbons (Fsp3) is 0.296. The molecule has 0 aliphatic heterocycles. The number of hydrogen-bond donors (Lipinski definition) is 1. The van der Waals surface area contributed by atoms with Crippen molar-refractivity contribution in [3.63, 3.8) is 0 Å². The zero-order valence-electron chi connectivity index (χ0n) is 20.4. The Morgan fingerprint density at radius 1 is 0.857 bits per heavy atom. The number of nitrogens with zero attached hydrogens (tertiary/aromatic N) is 1. The molecule has 0 bridgehead atoms. The number of anilines is 1. The van der Waals surface area contributed by atoms with Crippen LogP contribution in [-0.2, 0) is 21.2 Å². The minimum atomic E-state index is -3.99. The summed E-state index contributed by atoms with van der Waals surface area (Å²) < 4.78 is 39.1. The highest BCUT2D eigenvalue weighted by molar-refractivity contribution is 7.92. The zero-order chi connectivity index (χ0) is 25.3. The van der Waals surface area contributed by atoms with E-state index in [0.29, 0.717) is 18.0 Å². The van der Waals surface area contributed by atoms with Crippen LogP contribution >= 0.6 is 0 Å². The molecule has 0 spiro atoms. The molecular formula is C27H32N2O5S. The number of sulfonamides is 1. The van der Waals surface area contributed by atoms with Crippen LogP contribution in [0, 0.1) is 6.92 Å². The molecule has 0 saturated carbocycles. The summed E-state index contributed by atoms with van der Waals surface area (Å²) in [6.45, 7) is 6.50. The maximum absolute atomic E-state index is 13.5. The van der Waals surface area contributed by atoms with Crippen LogP contribution in [0.3, 0.4) is 0 Å². The van der Waals surface area contributed by atoms with Crippen LogP contribution in [0.1, 0.15) is 25.0 Å². The van der Waals surface area contributed by atoms with Gasteiger partial charge in [0.15, 0.2) is 0 Å². The normalized spacial score (nSPS) is 11.1. The average Bonchev–Trinajstić information content (AvgIpc) is 2.86. The molecule has 3 rings (SSSR count). The summed E-state index contributed by atoms with van der Waals surface area (Å²) in [6, 6.07) is 21.0. The van der Waals surface area contributed by atoms with Crippen LogP contribution in [-0.4, -0.2) is 40.6 Å². The predicted octanol–water partition coefficient (Wildman–Crippen LogP) is 4.35. The lowest BCUT2D eigenvalue weighted by molar-refractivity contribution is -0.119. The topological polar surface area (TPSA) is 84.9 Å². The van der Waals surface area contributed by atoms with Crippen molar-refractivity contribution in [2.24, 2.45) is 0 Å². The maximum atomic E-state index is 13.5. The molecule has 0 unspecified atom stereocenters. The highest BCUT2D eigenvalue weighted by Crippen LogP contribution is 2.25. The molecule has 0 fully saturated rings. The third kappa shape index (κ3) is 7.23. The Hall–Kier alpha value is -3.52. The Morgan fingerprint density at radius 2 is 1.46 bits per heavy atom. The SMILES string of the molecule is CCOc1ccc(S(=O)(=O)N(CC(=O)NCCOc2ccc(CC)cc2)c2ccc(C)cc2)cc1. The molecule has 3 aromatic carbocycles. The van der Waals surface area contributed by atoms with Crippen LogP contribution in [0.15, 0.2) is 77.7 Å². The molecule has 0 heterocycles. The number of benzene rings is 3. The molecule has 0 saturated heterocycles. The van der Waals surface area contributed by atoms with Gasteiger partial charge in [-0.05, 0) is 74.4 Å². The third-order valence-electron chi connectivity index (χ3n) is 5.36. The van der Waals surface area contributed by atoms with Crippen molar-refractivity contribution in [3.05, 3.63) is 83.9 Å². The average molecular weight is 497 g/mol. The van der Waals surface area contributed by atoms with E-state index in [1.165, 1.54) is 17.7 Å².